The molecule has 4 heteroatoms. The summed E-state index contributed by atoms with van der Waals surface area (Å²) < 4.78 is 0. The van der Waals surface area contributed by atoms with Gasteiger partial charge in [-0.25, -0.2) is 0 Å². The molecule has 0 aliphatic carbocycles. The highest BCUT2D eigenvalue weighted by atomic mass is 35.5. The Morgan fingerprint density at radius 3 is 2.75 bits per heavy atom. The van der Waals surface area contributed by atoms with Crippen molar-refractivity contribution in [1.29, 1.82) is 5.26 Å². The summed E-state index contributed by atoms with van der Waals surface area (Å²) in [5, 5.41) is 22.1. The number of rotatable bonds is 4. The van der Waals surface area contributed by atoms with Crippen LogP contribution in [0.25, 0.3) is 0 Å². The quantitative estimate of drug-likeness (QED) is 0.848. The van der Waals surface area contributed by atoms with Crippen molar-refractivity contribution in [2.45, 2.75) is 20.4 Å². The van der Waals surface area contributed by atoms with E-state index in [0.29, 0.717) is 23.7 Å². The van der Waals surface area contributed by atoms with E-state index < -0.39 is 5.41 Å². The van der Waals surface area contributed by atoms with Gasteiger partial charge in [-0.1, -0.05) is 17.7 Å². The van der Waals surface area contributed by atoms with Crippen molar-refractivity contribution in [2.24, 2.45) is 5.41 Å². The normalized spacial score (nSPS) is 11.1. The molecule has 2 N–H and O–H groups in total. The second-order valence-electron chi connectivity index (χ2n) is 4.34. The topological polar surface area (TPSA) is 56.0 Å². The van der Waals surface area contributed by atoms with Crippen LogP contribution in [0.3, 0.4) is 0 Å². The Balaban J connectivity index is 2.60. The van der Waals surface area contributed by atoms with Crippen molar-refractivity contribution in [3.8, 4) is 11.8 Å². The highest BCUT2D eigenvalue weighted by Crippen LogP contribution is 2.25. The molecular weight excluding hydrogens is 224 g/mol. The van der Waals surface area contributed by atoms with Gasteiger partial charge in [-0.15, -0.1) is 0 Å². The van der Waals surface area contributed by atoms with E-state index in [1.54, 1.807) is 18.2 Å². The average Bonchev–Trinajstić information content (AvgIpc) is 2.22. The molecule has 0 amide bonds. The zero-order valence-electron chi connectivity index (χ0n) is 9.42. The van der Waals surface area contributed by atoms with Crippen LogP contribution < -0.4 is 5.32 Å². The maximum Gasteiger partial charge on any atom is 0.121 e. The Bertz CT molecular complexity index is 390. The number of halogens is 1. The van der Waals surface area contributed by atoms with Crippen molar-refractivity contribution in [2.75, 3.05) is 6.54 Å². The molecule has 1 aromatic carbocycles. The number of hydrogen-bond donors (Lipinski definition) is 2. The molecule has 1 aromatic rings. The van der Waals surface area contributed by atoms with E-state index in [9.17, 15) is 5.11 Å². The second-order valence-corrected chi connectivity index (χ2v) is 4.74. The van der Waals surface area contributed by atoms with Crippen LogP contribution >= 0.6 is 11.6 Å². The summed E-state index contributed by atoms with van der Waals surface area (Å²) >= 11 is 5.95. The summed E-state index contributed by atoms with van der Waals surface area (Å²) in [6.07, 6.45) is 0. The van der Waals surface area contributed by atoms with E-state index in [1.165, 1.54) is 0 Å². The van der Waals surface area contributed by atoms with E-state index in [4.69, 9.17) is 16.9 Å². The zero-order valence-corrected chi connectivity index (χ0v) is 10.2. The summed E-state index contributed by atoms with van der Waals surface area (Å²) in [7, 11) is 0. The molecule has 16 heavy (non-hydrogen) atoms. The van der Waals surface area contributed by atoms with Crippen molar-refractivity contribution in [3.05, 3.63) is 28.8 Å². The van der Waals surface area contributed by atoms with Crippen molar-refractivity contribution >= 4 is 11.6 Å². The van der Waals surface area contributed by atoms with Crippen LogP contribution in [0.5, 0.6) is 5.75 Å². The molecule has 0 bridgehead atoms. The van der Waals surface area contributed by atoms with E-state index in [-0.39, 0.29) is 5.75 Å². The van der Waals surface area contributed by atoms with Crippen LogP contribution in [-0.4, -0.2) is 11.7 Å². The average molecular weight is 239 g/mol. The van der Waals surface area contributed by atoms with E-state index in [2.05, 4.69) is 11.4 Å². The Kier molecular flexibility index (Phi) is 4.17. The van der Waals surface area contributed by atoms with Gasteiger partial charge in [0.1, 0.15) is 5.75 Å². The van der Waals surface area contributed by atoms with Crippen LogP contribution in [0.15, 0.2) is 18.2 Å². The monoisotopic (exact) mass is 238 g/mol. The molecule has 0 aliphatic rings. The first-order valence-electron chi connectivity index (χ1n) is 5.04. The summed E-state index contributed by atoms with van der Waals surface area (Å²) in [6, 6.07) is 7.22. The predicted molar refractivity (Wildman–Crippen MR) is 64.2 cm³/mol. The van der Waals surface area contributed by atoms with Gasteiger partial charge < -0.3 is 10.4 Å². The van der Waals surface area contributed by atoms with Gasteiger partial charge in [-0.05, 0) is 26.0 Å². The van der Waals surface area contributed by atoms with E-state index >= 15 is 0 Å². The van der Waals surface area contributed by atoms with Gasteiger partial charge in [0.15, 0.2) is 0 Å². The standard InChI is InChI=1S/C12H15ClN2O/c1-12(2,7-14)8-15-6-9-10(13)4-3-5-11(9)16/h3-5,15-16H,6,8H2,1-2H3. The number of hydrogen-bond acceptors (Lipinski definition) is 3. The van der Waals surface area contributed by atoms with Gasteiger partial charge in [0.2, 0.25) is 0 Å². The number of nitriles is 1. The lowest BCUT2D eigenvalue weighted by Gasteiger charge is -2.16. The van der Waals surface area contributed by atoms with Gasteiger partial charge in [-0.3, -0.25) is 0 Å². The van der Waals surface area contributed by atoms with Gasteiger partial charge in [0.05, 0.1) is 11.5 Å². The number of phenolic OH excluding ortho intramolecular Hbond substituents is 1. The number of phenols is 1. The minimum absolute atomic E-state index is 0.176. The highest BCUT2D eigenvalue weighted by Gasteiger charge is 2.16. The third kappa shape index (κ3) is 3.41. The lowest BCUT2D eigenvalue weighted by molar-refractivity contribution is 0.433. The molecule has 0 spiro atoms. The fourth-order valence-corrected chi connectivity index (χ4v) is 1.50. The molecule has 0 saturated heterocycles. The third-order valence-electron chi connectivity index (χ3n) is 2.27. The maximum atomic E-state index is 9.59. The number of benzene rings is 1. The Hall–Kier alpha value is -1.24. The van der Waals surface area contributed by atoms with Crippen molar-refractivity contribution in [1.82, 2.24) is 5.32 Å². The minimum atomic E-state index is -0.420. The molecule has 0 atom stereocenters. The van der Waals surface area contributed by atoms with Crippen LogP contribution in [0.4, 0.5) is 0 Å². The van der Waals surface area contributed by atoms with Crippen LogP contribution in [-0.2, 0) is 6.54 Å². The molecule has 3 nitrogen and oxygen atoms in total. The first-order chi connectivity index (χ1) is 7.46. The molecule has 0 aliphatic heterocycles. The first-order valence-corrected chi connectivity index (χ1v) is 5.42. The summed E-state index contributed by atoms with van der Waals surface area (Å²) in [5.41, 5.74) is 0.245. The molecule has 0 saturated carbocycles. The summed E-state index contributed by atoms with van der Waals surface area (Å²) in [5.74, 6) is 0.176. The van der Waals surface area contributed by atoms with Gasteiger partial charge in [-0.2, -0.15) is 5.26 Å². The third-order valence-corrected chi connectivity index (χ3v) is 2.62. The van der Waals surface area contributed by atoms with Crippen molar-refractivity contribution in [3.63, 3.8) is 0 Å². The largest absolute Gasteiger partial charge is 0.508 e. The predicted octanol–water partition coefficient (Wildman–Crippen LogP) is 2.68. The molecule has 0 unspecified atom stereocenters. The number of nitrogens with one attached hydrogen (secondary N) is 1. The maximum absolute atomic E-state index is 9.59. The Morgan fingerprint density at radius 1 is 1.50 bits per heavy atom. The fraction of sp³-hybridized carbons (Fsp3) is 0.417. The Morgan fingerprint density at radius 2 is 2.19 bits per heavy atom. The first kappa shape index (κ1) is 12.8. The SMILES string of the molecule is CC(C)(C#N)CNCc1c(O)cccc1Cl. The Labute approximate surface area is 101 Å². The smallest absolute Gasteiger partial charge is 0.121 e. The fourth-order valence-electron chi connectivity index (χ4n) is 1.26. The minimum Gasteiger partial charge on any atom is -0.508 e. The highest BCUT2D eigenvalue weighted by molar-refractivity contribution is 6.31. The number of nitrogens with zero attached hydrogens (tertiary/aromatic N) is 1. The van der Waals surface area contributed by atoms with Crippen molar-refractivity contribution < 1.29 is 5.11 Å². The molecule has 0 aromatic heterocycles. The van der Waals surface area contributed by atoms with Crippen LogP contribution in [0.2, 0.25) is 5.02 Å². The van der Waals surface area contributed by atoms with E-state index in [0.717, 1.165) is 0 Å². The molecule has 0 heterocycles. The lowest BCUT2D eigenvalue weighted by Crippen LogP contribution is -2.27. The molecular formula is C12H15ClN2O. The molecule has 1 rings (SSSR count). The summed E-state index contributed by atoms with van der Waals surface area (Å²) in [4.78, 5) is 0. The lowest BCUT2D eigenvalue weighted by atomic mass is 9.96. The van der Waals surface area contributed by atoms with Crippen LogP contribution in [0.1, 0.15) is 19.4 Å². The van der Waals surface area contributed by atoms with E-state index in [1.807, 2.05) is 13.8 Å². The van der Waals surface area contributed by atoms with Gasteiger partial charge in [0, 0.05) is 23.7 Å². The number of aromatic hydroxyl groups is 1. The second kappa shape index (κ2) is 5.20. The van der Waals surface area contributed by atoms with Gasteiger partial charge >= 0.3 is 0 Å². The van der Waals surface area contributed by atoms with Crippen LogP contribution in [0, 0.1) is 16.7 Å². The molecule has 0 radical (unpaired) electrons. The van der Waals surface area contributed by atoms with Gasteiger partial charge in [0.25, 0.3) is 0 Å². The molecule has 86 valence electrons. The molecule has 0 fully saturated rings. The summed E-state index contributed by atoms with van der Waals surface area (Å²) in [6.45, 7) is 4.71. The zero-order chi connectivity index (χ0) is 12.2.